The Morgan fingerprint density at radius 1 is 0.303 bits per heavy atom. The third kappa shape index (κ3) is 51.8. The van der Waals surface area contributed by atoms with Gasteiger partial charge in [-0.05, 0) is 25.2 Å². The van der Waals surface area contributed by atoms with Crippen LogP contribution >= 0.6 is 0 Å². The number of rotatable bonds is 55. The van der Waals surface area contributed by atoms with Crippen molar-refractivity contribution in [3.63, 3.8) is 0 Å². The predicted molar refractivity (Wildman–Crippen MR) is 284 cm³/mol. The molecule has 0 aromatic rings. The monoisotopic (exact) mass is 933 g/mol. The third-order valence-electron chi connectivity index (χ3n) is 14.2. The van der Waals surface area contributed by atoms with E-state index >= 15 is 0 Å². The number of carbonyl (C=O) groups excluding carboxylic acids is 3. The van der Waals surface area contributed by atoms with E-state index in [2.05, 4.69) is 27.7 Å². The summed E-state index contributed by atoms with van der Waals surface area (Å²) in [5, 5.41) is 0. The van der Waals surface area contributed by atoms with E-state index in [4.69, 9.17) is 14.2 Å². The molecular weight excluding hydrogens is 817 g/mol. The normalized spacial score (nSPS) is 12.4. The van der Waals surface area contributed by atoms with Crippen molar-refractivity contribution in [1.82, 2.24) is 0 Å². The van der Waals surface area contributed by atoms with E-state index in [1.54, 1.807) is 0 Å². The zero-order chi connectivity index (χ0) is 48.1. The van der Waals surface area contributed by atoms with Crippen molar-refractivity contribution in [2.45, 2.75) is 348 Å². The van der Waals surface area contributed by atoms with Crippen molar-refractivity contribution in [3.8, 4) is 0 Å². The van der Waals surface area contributed by atoms with Gasteiger partial charge in [-0.25, -0.2) is 0 Å². The van der Waals surface area contributed by atoms with Gasteiger partial charge in [-0.1, -0.05) is 304 Å². The van der Waals surface area contributed by atoms with Crippen molar-refractivity contribution in [2.24, 2.45) is 5.92 Å². The molecule has 0 N–H and O–H groups in total. The maximum atomic E-state index is 12.9. The summed E-state index contributed by atoms with van der Waals surface area (Å²) in [4.78, 5) is 38.2. The number of hydrogen-bond acceptors (Lipinski definition) is 6. The lowest BCUT2D eigenvalue weighted by molar-refractivity contribution is -0.167. The fraction of sp³-hybridized carbons (Fsp3) is 0.950. The molecule has 0 saturated heterocycles. The van der Waals surface area contributed by atoms with Crippen molar-refractivity contribution < 1.29 is 28.6 Å². The lowest BCUT2D eigenvalue weighted by atomic mass is 9.99. The van der Waals surface area contributed by atoms with E-state index in [9.17, 15) is 14.4 Å². The second-order valence-corrected chi connectivity index (χ2v) is 20.9. The first-order valence-corrected chi connectivity index (χ1v) is 29.9. The van der Waals surface area contributed by atoms with Crippen LogP contribution in [0.3, 0.4) is 0 Å². The highest BCUT2D eigenvalue weighted by Crippen LogP contribution is 2.19. The zero-order valence-electron chi connectivity index (χ0n) is 45.2. The fourth-order valence-electron chi connectivity index (χ4n) is 9.25. The lowest BCUT2D eigenvalue weighted by Crippen LogP contribution is -2.30. The lowest BCUT2D eigenvalue weighted by Gasteiger charge is -2.18. The van der Waals surface area contributed by atoms with Crippen LogP contribution < -0.4 is 0 Å². The van der Waals surface area contributed by atoms with Crippen molar-refractivity contribution in [1.29, 1.82) is 0 Å². The summed E-state index contributed by atoms with van der Waals surface area (Å²) in [5.74, 6) is 0.0625. The number of ether oxygens (including phenoxy) is 3. The molecule has 0 fully saturated rings. The number of hydrogen-bond donors (Lipinski definition) is 0. The maximum Gasteiger partial charge on any atom is 0.306 e. The molecule has 392 valence electrons. The van der Waals surface area contributed by atoms with Crippen LogP contribution in [0.15, 0.2) is 0 Å². The quantitative estimate of drug-likeness (QED) is 0.0343. The Kier molecular flexibility index (Phi) is 53.0. The molecule has 66 heavy (non-hydrogen) atoms. The van der Waals surface area contributed by atoms with Crippen LogP contribution in [0.2, 0.25) is 0 Å². The van der Waals surface area contributed by atoms with Crippen LogP contribution in [0.1, 0.15) is 342 Å². The third-order valence-corrected chi connectivity index (χ3v) is 14.2. The highest BCUT2D eigenvalue weighted by molar-refractivity contribution is 5.71. The summed E-state index contributed by atoms with van der Waals surface area (Å²) in [6, 6.07) is 0. The molecule has 0 heterocycles. The minimum absolute atomic E-state index is 0.0617. The molecule has 6 nitrogen and oxygen atoms in total. The van der Waals surface area contributed by atoms with Gasteiger partial charge < -0.3 is 14.2 Å². The molecule has 0 radical (unpaired) electrons. The van der Waals surface area contributed by atoms with Gasteiger partial charge in [0.1, 0.15) is 13.2 Å². The van der Waals surface area contributed by atoms with E-state index in [1.807, 2.05) is 0 Å². The Labute approximate surface area is 412 Å². The van der Waals surface area contributed by atoms with Gasteiger partial charge in [0, 0.05) is 19.3 Å². The van der Waals surface area contributed by atoms with Crippen molar-refractivity contribution in [3.05, 3.63) is 0 Å². The zero-order valence-corrected chi connectivity index (χ0v) is 45.2. The average molecular weight is 934 g/mol. The second-order valence-electron chi connectivity index (χ2n) is 20.9. The van der Waals surface area contributed by atoms with Gasteiger partial charge in [-0.3, -0.25) is 14.4 Å². The number of esters is 3. The second kappa shape index (κ2) is 54.4. The van der Waals surface area contributed by atoms with E-state index in [1.165, 1.54) is 238 Å². The highest BCUT2D eigenvalue weighted by atomic mass is 16.6. The van der Waals surface area contributed by atoms with Gasteiger partial charge in [0.15, 0.2) is 6.10 Å². The molecule has 0 saturated carbocycles. The van der Waals surface area contributed by atoms with Crippen molar-refractivity contribution in [2.75, 3.05) is 13.2 Å². The molecule has 0 aromatic carbocycles. The summed E-state index contributed by atoms with van der Waals surface area (Å²) in [6.45, 7) is 9.10. The van der Waals surface area contributed by atoms with Crippen LogP contribution in [-0.4, -0.2) is 37.2 Å². The van der Waals surface area contributed by atoms with Gasteiger partial charge in [-0.15, -0.1) is 0 Å². The summed E-state index contributed by atoms with van der Waals surface area (Å²) in [6.07, 6.45) is 59.4. The first-order chi connectivity index (χ1) is 32.4. The highest BCUT2D eigenvalue weighted by Gasteiger charge is 2.19. The molecule has 6 heteroatoms. The minimum Gasteiger partial charge on any atom is -0.462 e. The molecule has 1 unspecified atom stereocenters. The van der Waals surface area contributed by atoms with Gasteiger partial charge >= 0.3 is 17.9 Å². The Morgan fingerprint density at radius 3 is 0.788 bits per heavy atom. The molecular formula is C60H116O6. The van der Waals surface area contributed by atoms with Crippen LogP contribution in [0.25, 0.3) is 0 Å². The summed E-state index contributed by atoms with van der Waals surface area (Å²) < 4.78 is 16.9. The van der Waals surface area contributed by atoms with Crippen molar-refractivity contribution >= 4 is 17.9 Å². The largest absolute Gasteiger partial charge is 0.462 e. The topological polar surface area (TPSA) is 78.9 Å². The van der Waals surface area contributed by atoms with Crippen LogP contribution in [-0.2, 0) is 28.6 Å². The standard InChI is InChI=1S/C60H116O6/c1-5-8-10-12-14-16-18-20-21-22-23-24-29-33-37-41-45-49-53-60(63)66-57(54-64-58(61)51-47-43-39-35-31-19-17-15-13-11-9-6-2)55-65-59(62)52-48-44-40-36-32-28-26-25-27-30-34-38-42-46-50-56(4)7-3/h56-57H,5-55H2,1-4H3/t56?,57-/m0/s1. The van der Waals surface area contributed by atoms with E-state index < -0.39 is 6.10 Å². The Morgan fingerprint density at radius 2 is 0.530 bits per heavy atom. The molecule has 0 amide bonds. The van der Waals surface area contributed by atoms with Crippen LogP contribution in [0.4, 0.5) is 0 Å². The van der Waals surface area contributed by atoms with E-state index in [0.717, 1.165) is 63.7 Å². The molecule has 0 rings (SSSR count). The smallest absolute Gasteiger partial charge is 0.306 e. The molecule has 0 aliphatic heterocycles. The van der Waals surface area contributed by atoms with E-state index in [-0.39, 0.29) is 31.1 Å². The van der Waals surface area contributed by atoms with Gasteiger partial charge in [0.05, 0.1) is 0 Å². The molecule has 0 aliphatic rings. The SMILES string of the molecule is CCCCCCCCCCCCCCCCCCCCC(=O)O[C@@H](COC(=O)CCCCCCCCCCCCCC)COC(=O)CCCCCCCCCCCCCCCCC(C)CC. The number of carbonyl (C=O) groups is 3. The Balaban J connectivity index is 4.27. The van der Waals surface area contributed by atoms with Gasteiger partial charge in [0.25, 0.3) is 0 Å². The van der Waals surface area contributed by atoms with Crippen LogP contribution in [0, 0.1) is 5.92 Å². The maximum absolute atomic E-state index is 12.9. The van der Waals surface area contributed by atoms with Gasteiger partial charge in [-0.2, -0.15) is 0 Å². The predicted octanol–water partition coefficient (Wildman–Crippen LogP) is 19.8. The summed E-state index contributed by atoms with van der Waals surface area (Å²) in [5.41, 5.74) is 0. The Bertz CT molecular complexity index is 998. The molecule has 0 aromatic heterocycles. The first-order valence-electron chi connectivity index (χ1n) is 29.9. The molecule has 0 bridgehead atoms. The first kappa shape index (κ1) is 64.4. The molecule has 2 atom stereocenters. The Hall–Kier alpha value is -1.59. The van der Waals surface area contributed by atoms with Gasteiger partial charge in [0.2, 0.25) is 0 Å². The summed E-state index contributed by atoms with van der Waals surface area (Å²) in [7, 11) is 0. The summed E-state index contributed by atoms with van der Waals surface area (Å²) >= 11 is 0. The van der Waals surface area contributed by atoms with E-state index in [0.29, 0.717) is 19.3 Å². The molecule has 0 spiro atoms. The number of unbranched alkanes of at least 4 members (excludes halogenated alkanes) is 41. The average Bonchev–Trinajstić information content (AvgIpc) is 3.32. The minimum atomic E-state index is -0.762. The molecule has 0 aliphatic carbocycles. The fourth-order valence-corrected chi connectivity index (χ4v) is 9.25. The van der Waals surface area contributed by atoms with Crippen LogP contribution in [0.5, 0.6) is 0 Å².